The highest BCUT2D eigenvalue weighted by molar-refractivity contribution is 6.31. The molecule has 2 atom stereocenters. The maximum atomic E-state index is 9.10. The van der Waals surface area contributed by atoms with E-state index in [1.54, 1.807) is 7.11 Å². The van der Waals surface area contributed by atoms with Gasteiger partial charge in [-0.05, 0) is 44.4 Å². The molecule has 1 saturated heterocycles. The first kappa shape index (κ1) is 22.5. The molecule has 7 nitrogen and oxygen atoms in total. The van der Waals surface area contributed by atoms with Gasteiger partial charge in [-0.2, -0.15) is 0 Å². The van der Waals surface area contributed by atoms with E-state index in [4.69, 9.17) is 36.1 Å². The van der Waals surface area contributed by atoms with Gasteiger partial charge in [0, 0.05) is 42.0 Å². The Hall–Kier alpha value is -1.83. The molecular formula is C20H29ClN2O5. The van der Waals surface area contributed by atoms with Crippen LogP contribution in [0.2, 0.25) is 5.02 Å². The number of halogens is 1. The molecule has 1 heterocycles. The summed E-state index contributed by atoms with van der Waals surface area (Å²) in [5.41, 5.74) is 2.44. The van der Waals surface area contributed by atoms with Gasteiger partial charge in [0.1, 0.15) is 0 Å². The second-order valence-electron chi connectivity index (χ2n) is 7.93. The van der Waals surface area contributed by atoms with Crippen molar-refractivity contribution in [3.8, 4) is 0 Å². The molecule has 1 aromatic rings. The number of hydrogen-bond acceptors (Lipinski definition) is 5. The first-order valence-electron chi connectivity index (χ1n) is 9.42. The summed E-state index contributed by atoms with van der Waals surface area (Å²) in [6.45, 7) is 6.18. The smallest absolute Gasteiger partial charge is 0.414 e. The predicted octanol–water partition coefficient (Wildman–Crippen LogP) is 3.14. The molecule has 1 aromatic carbocycles. The third-order valence-electron chi connectivity index (χ3n) is 5.12. The summed E-state index contributed by atoms with van der Waals surface area (Å²) >= 11 is 6.45. The molecule has 0 amide bonds. The largest absolute Gasteiger partial charge is 0.473 e. The fourth-order valence-electron chi connectivity index (χ4n) is 4.01. The van der Waals surface area contributed by atoms with Crippen molar-refractivity contribution in [2.24, 2.45) is 0 Å². The van der Waals surface area contributed by atoms with Crippen LogP contribution in [0.15, 0.2) is 18.2 Å². The summed E-state index contributed by atoms with van der Waals surface area (Å²) in [6, 6.07) is 7.60. The summed E-state index contributed by atoms with van der Waals surface area (Å²) in [4.78, 5) is 20.8. The molecule has 3 rings (SSSR count). The van der Waals surface area contributed by atoms with Crippen LogP contribution < -0.4 is 10.2 Å². The highest BCUT2D eigenvalue weighted by atomic mass is 35.5. The average Bonchev–Trinajstić information content (AvgIpc) is 2.62. The minimum Gasteiger partial charge on any atom is -0.473 e. The highest BCUT2D eigenvalue weighted by Gasteiger charge is 2.40. The summed E-state index contributed by atoms with van der Waals surface area (Å²) < 4.78 is 5.20. The molecule has 1 aliphatic heterocycles. The minimum atomic E-state index is -1.82. The first-order valence-corrected chi connectivity index (χ1v) is 9.80. The zero-order chi connectivity index (χ0) is 20.9. The zero-order valence-corrected chi connectivity index (χ0v) is 17.3. The lowest BCUT2D eigenvalue weighted by atomic mass is 9.83. The van der Waals surface area contributed by atoms with Gasteiger partial charge in [0.15, 0.2) is 0 Å². The number of ether oxygens (including phenoxy) is 1. The highest BCUT2D eigenvalue weighted by Crippen LogP contribution is 2.35. The molecule has 0 spiro atoms. The van der Waals surface area contributed by atoms with Crippen LogP contribution in [-0.2, 0) is 20.9 Å². The lowest BCUT2D eigenvalue weighted by Crippen LogP contribution is -2.67. The van der Waals surface area contributed by atoms with Crippen molar-refractivity contribution in [1.29, 1.82) is 0 Å². The number of hydrogen-bond donors (Lipinski definition) is 3. The van der Waals surface area contributed by atoms with E-state index in [9.17, 15) is 0 Å². The van der Waals surface area contributed by atoms with Crippen molar-refractivity contribution in [1.82, 2.24) is 5.32 Å². The fourth-order valence-corrected chi connectivity index (χ4v) is 4.24. The topological polar surface area (TPSA) is 99.1 Å². The number of benzene rings is 1. The first-order chi connectivity index (χ1) is 13.1. The molecule has 0 unspecified atom stereocenters. The van der Waals surface area contributed by atoms with Crippen LogP contribution in [0, 0.1) is 0 Å². The molecule has 156 valence electrons. The molecule has 1 aliphatic carbocycles. The number of fused-ring (bicyclic) bond motifs is 1. The molecular weight excluding hydrogens is 384 g/mol. The van der Waals surface area contributed by atoms with Crippen molar-refractivity contribution >= 4 is 29.2 Å². The van der Waals surface area contributed by atoms with Crippen LogP contribution >= 0.6 is 11.6 Å². The lowest BCUT2D eigenvalue weighted by Gasteiger charge is -2.52. The molecule has 1 saturated carbocycles. The third-order valence-corrected chi connectivity index (χ3v) is 5.47. The standard InChI is InChI=1S/C18H27ClN2O.C2H2O4/c1-18(2)12-21(17-7-5-4-6-16(17)20-18)14-9-8-13(11-22-3)15(19)10-14;3-1(4)2(5)6/h8-10,16-17,20H,4-7,11-12H2,1-3H3;(H,3,4)(H,5,6)/t16-,17-;/m1./s1. The Kier molecular flexibility index (Phi) is 7.69. The summed E-state index contributed by atoms with van der Waals surface area (Å²) in [5.74, 6) is -3.65. The van der Waals surface area contributed by atoms with Crippen LogP contribution in [0.5, 0.6) is 0 Å². The minimum absolute atomic E-state index is 0.135. The van der Waals surface area contributed by atoms with E-state index in [0.717, 1.165) is 17.1 Å². The molecule has 2 fully saturated rings. The summed E-state index contributed by atoms with van der Waals surface area (Å²) in [6.07, 6.45) is 5.21. The van der Waals surface area contributed by atoms with Gasteiger partial charge in [0.2, 0.25) is 0 Å². The van der Waals surface area contributed by atoms with E-state index in [1.807, 2.05) is 0 Å². The van der Waals surface area contributed by atoms with Crippen molar-refractivity contribution < 1.29 is 24.5 Å². The number of piperazine rings is 1. The molecule has 0 bridgehead atoms. The normalized spacial score (nSPS) is 23.2. The Morgan fingerprint density at radius 2 is 1.89 bits per heavy atom. The number of methoxy groups -OCH3 is 1. The molecule has 8 heteroatoms. The number of aliphatic carboxylic acids is 2. The number of nitrogens with zero attached hydrogens (tertiary/aromatic N) is 1. The molecule has 0 aromatic heterocycles. The Morgan fingerprint density at radius 3 is 2.46 bits per heavy atom. The van der Waals surface area contributed by atoms with Gasteiger partial charge in [0.05, 0.1) is 6.61 Å². The maximum absolute atomic E-state index is 9.10. The number of carbonyl (C=O) groups is 2. The van der Waals surface area contributed by atoms with Gasteiger partial charge in [-0.3, -0.25) is 0 Å². The van der Waals surface area contributed by atoms with Gasteiger partial charge in [-0.1, -0.05) is 30.5 Å². The second-order valence-corrected chi connectivity index (χ2v) is 8.34. The van der Waals surface area contributed by atoms with Crippen molar-refractivity contribution in [3.05, 3.63) is 28.8 Å². The second kappa shape index (κ2) is 9.58. The number of carboxylic acids is 2. The van der Waals surface area contributed by atoms with Crippen molar-refractivity contribution in [2.75, 3.05) is 18.6 Å². The van der Waals surface area contributed by atoms with E-state index in [0.29, 0.717) is 18.7 Å². The van der Waals surface area contributed by atoms with Crippen molar-refractivity contribution in [3.63, 3.8) is 0 Å². The van der Waals surface area contributed by atoms with Crippen LogP contribution in [0.1, 0.15) is 45.1 Å². The number of carboxylic acid groups (broad SMARTS) is 2. The van der Waals surface area contributed by atoms with Crippen molar-refractivity contribution in [2.45, 2.75) is 63.8 Å². The Bertz CT molecular complexity index is 698. The predicted molar refractivity (Wildman–Crippen MR) is 108 cm³/mol. The van der Waals surface area contributed by atoms with Gasteiger partial charge in [-0.25, -0.2) is 9.59 Å². The van der Waals surface area contributed by atoms with Crippen LogP contribution in [-0.4, -0.2) is 53.4 Å². The monoisotopic (exact) mass is 412 g/mol. The third kappa shape index (κ3) is 5.83. The molecule has 28 heavy (non-hydrogen) atoms. The summed E-state index contributed by atoms with van der Waals surface area (Å²) in [7, 11) is 1.70. The quantitative estimate of drug-likeness (QED) is 0.656. The van der Waals surface area contributed by atoms with Crippen LogP contribution in [0.4, 0.5) is 5.69 Å². The van der Waals surface area contributed by atoms with E-state index in [-0.39, 0.29) is 5.54 Å². The fraction of sp³-hybridized carbons (Fsp3) is 0.600. The zero-order valence-electron chi connectivity index (χ0n) is 16.6. The maximum Gasteiger partial charge on any atom is 0.414 e. The van der Waals surface area contributed by atoms with Crippen LogP contribution in [0.3, 0.4) is 0 Å². The Labute approximate surface area is 170 Å². The Balaban J connectivity index is 0.000000409. The molecule has 2 aliphatic rings. The van der Waals surface area contributed by atoms with Gasteiger partial charge in [0.25, 0.3) is 0 Å². The van der Waals surface area contributed by atoms with Gasteiger partial charge >= 0.3 is 11.9 Å². The lowest BCUT2D eigenvalue weighted by molar-refractivity contribution is -0.159. The van der Waals surface area contributed by atoms with Gasteiger partial charge < -0.3 is 25.2 Å². The molecule has 3 N–H and O–H groups in total. The number of nitrogens with one attached hydrogen (secondary N) is 1. The molecule has 0 radical (unpaired) electrons. The average molecular weight is 413 g/mol. The SMILES string of the molecule is COCc1ccc(N2CC(C)(C)N[C@@H]3CCCC[C@H]32)cc1Cl.O=C(O)C(=O)O. The Morgan fingerprint density at radius 1 is 1.25 bits per heavy atom. The van der Waals surface area contributed by atoms with E-state index >= 15 is 0 Å². The summed E-state index contributed by atoms with van der Waals surface area (Å²) in [5, 5.41) is 19.4. The number of rotatable bonds is 3. The van der Waals surface area contributed by atoms with Crippen LogP contribution in [0.25, 0.3) is 0 Å². The van der Waals surface area contributed by atoms with E-state index in [2.05, 4.69) is 42.3 Å². The van der Waals surface area contributed by atoms with E-state index in [1.165, 1.54) is 31.4 Å². The number of anilines is 1. The van der Waals surface area contributed by atoms with E-state index < -0.39 is 11.9 Å². The van der Waals surface area contributed by atoms with Gasteiger partial charge in [-0.15, -0.1) is 0 Å².